The monoisotopic (exact) mass is 378 g/mol. The number of carbonyl (C=O) groups is 1. The summed E-state index contributed by atoms with van der Waals surface area (Å²) in [5.41, 5.74) is 1.47. The topological polar surface area (TPSA) is 57.3 Å². The fourth-order valence-corrected chi connectivity index (χ4v) is 4.34. The summed E-state index contributed by atoms with van der Waals surface area (Å²) in [6, 6.07) is 4.44. The second kappa shape index (κ2) is 5.53. The molecule has 3 atom stereocenters. The molecule has 3 aliphatic rings. The fraction of sp³-hybridized carbons (Fsp3) is 0.647. The van der Waals surface area contributed by atoms with Crippen molar-refractivity contribution in [2.45, 2.75) is 43.7 Å². The molecule has 1 aromatic heterocycles. The third-order valence-corrected chi connectivity index (χ3v) is 5.74. The number of anilines is 1. The summed E-state index contributed by atoms with van der Waals surface area (Å²) < 4.78 is 0.767. The predicted octanol–water partition coefficient (Wildman–Crippen LogP) is 2.34. The molecule has 5 nitrogen and oxygen atoms in total. The molecule has 6 heteroatoms. The number of pyridine rings is 1. The molecule has 1 aromatic rings. The first kappa shape index (κ1) is 15.5. The van der Waals surface area contributed by atoms with E-state index in [0.717, 1.165) is 23.4 Å². The standard InChI is InChI=1S/C17H23BrN4O/c1-22(2)9-17-7-12(19-13(17)8-17)16(23)21-15-11(10-3-4-10)5-6-14(18)20-15/h5-6,10,12-13,19H,3-4,7-9H2,1-2H3,(H,20,21,23). The SMILES string of the molecule is CN(C)CC12CC(C(=O)Nc3nc(Br)ccc3C3CC3)NC1C2. The summed E-state index contributed by atoms with van der Waals surface area (Å²) in [4.78, 5) is 19.4. The molecular formula is C17H23BrN4O. The molecule has 2 saturated carbocycles. The molecule has 1 amide bonds. The first-order valence-corrected chi connectivity index (χ1v) is 9.14. The number of carbonyl (C=O) groups excluding carboxylic acids is 1. The van der Waals surface area contributed by atoms with Crippen LogP contribution >= 0.6 is 15.9 Å². The zero-order valence-electron chi connectivity index (χ0n) is 13.6. The van der Waals surface area contributed by atoms with Gasteiger partial charge in [-0.25, -0.2) is 4.98 Å². The summed E-state index contributed by atoms with van der Waals surface area (Å²) in [7, 11) is 4.20. The maximum Gasteiger partial charge on any atom is 0.242 e. The van der Waals surface area contributed by atoms with Gasteiger partial charge < -0.3 is 15.5 Å². The van der Waals surface area contributed by atoms with Crippen molar-refractivity contribution in [3.8, 4) is 0 Å². The molecule has 124 valence electrons. The zero-order valence-corrected chi connectivity index (χ0v) is 15.2. The Balaban J connectivity index is 1.44. The Morgan fingerprint density at radius 3 is 2.91 bits per heavy atom. The Morgan fingerprint density at radius 1 is 1.43 bits per heavy atom. The minimum atomic E-state index is -0.0958. The highest BCUT2D eigenvalue weighted by Gasteiger charge is 2.61. The number of halogens is 1. The lowest BCUT2D eigenvalue weighted by Gasteiger charge is -2.19. The van der Waals surface area contributed by atoms with Crippen molar-refractivity contribution in [1.82, 2.24) is 15.2 Å². The Labute approximate surface area is 145 Å². The average Bonchev–Trinajstić information content (AvgIpc) is 3.38. The number of fused-ring (bicyclic) bond motifs is 1. The second-order valence-corrected chi connectivity index (χ2v) is 8.43. The van der Waals surface area contributed by atoms with Gasteiger partial charge in [0.2, 0.25) is 5.91 Å². The summed E-state index contributed by atoms with van der Waals surface area (Å²) >= 11 is 3.41. The lowest BCUT2D eigenvalue weighted by Crippen LogP contribution is -2.38. The highest BCUT2D eigenvalue weighted by molar-refractivity contribution is 9.10. The minimum Gasteiger partial charge on any atom is -0.309 e. The Morgan fingerprint density at radius 2 is 2.22 bits per heavy atom. The van der Waals surface area contributed by atoms with Crippen LogP contribution in [0.1, 0.15) is 37.2 Å². The van der Waals surface area contributed by atoms with Crippen LogP contribution in [0.3, 0.4) is 0 Å². The van der Waals surface area contributed by atoms with Crippen LogP contribution in [0.4, 0.5) is 5.82 Å². The maximum atomic E-state index is 12.7. The van der Waals surface area contributed by atoms with E-state index in [1.165, 1.54) is 24.8 Å². The van der Waals surface area contributed by atoms with Gasteiger partial charge in [0.1, 0.15) is 10.4 Å². The maximum absolute atomic E-state index is 12.7. The first-order valence-electron chi connectivity index (χ1n) is 8.35. The molecule has 3 unspecified atom stereocenters. The lowest BCUT2D eigenvalue weighted by atomic mass is 9.98. The van der Waals surface area contributed by atoms with Gasteiger partial charge in [-0.1, -0.05) is 6.07 Å². The first-order chi connectivity index (χ1) is 11.0. The number of rotatable bonds is 5. The summed E-state index contributed by atoms with van der Waals surface area (Å²) in [6.45, 7) is 1.05. The zero-order chi connectivity index (χ0) is 16.2. The van der Waals surface area contributed by atoms with E-state index in [9.17, 15) is 4.79 Å². The molecular weight excluding hydrogens is 356 g/mol. The number of nitrogens with one attached hydrogen (secondary N) is 2. The van der Waals surface area contributed by atoms with Gasteiger partial charge in [0.15, 0.2) is 0 Å². The van der Waals surface area contributed by atoms with Crippen LogP contribution in [-0.2, 0) is 4.79 Å². The predicted molar refractivity (Wildman–Crippen MR) is 93.5 cm³/mol. The summed E-state index contributed by atoms with van der Waals surface area (Å²) in [5.74, 6) is 1.36. The van der Waals surface area contributed by atoms with Crippen LogP contribution in [0.15, 0.2) is 16.7 Å². The molecule has 3 fully saturated rings. The normalized spacial score (nSPS) is 32.0. The van der Waals surface area contributed by atoms with Gasteiger partial charge in [0.05, 0.1) is 6.04 Å². The van der Waals surface area contributed by atoms with E-state index in [2.05, 4.69) is 56.6 Å². The van der Waals surface area contributed by atoms with Crippen LogP contribution in [0.25, 0.3) is 0 Å². The molecule has 2 heterocycles. The molecule has 0 bridgehead atoms. The van der Waals surface area contributed by atoms with Crippen LogP contribution in [0.5, 0.6) is 0 Å². The highest BCUT2D eigenvalue weighted by Crippen LogP contribution is 2.54. The van der Waals surface area contributed by atoms with Crippen LogP contribution in [0.2, 0.25) is 0 Å². The third-order valence-electron chi connectivity index (χ3n) is 5.30. The van der Waals surface area contributed by atoms with Crippen molar-refractivity contribution in [3.05, 3.63) is 22.3 Å². The molecule has 23 heavy (non-hydrogen) atoms. The van der Waals surface area contributed by atoms with Gasteiger partial charge in [-0.2, -0.15) is 0 Å². The van der Waals surface area contributed by atoms with Crippen LogP contribution in [0, 0.1) is 5.41 Å². The summed E-state index contributed by atoms with van der Waals surface area (Å²) in [5, 5.41) is 6.56. The number of amides is 1. The van der Waals surface area contributed by atoms with E-state index >= 15 is 0 Å². The summed E-state index contributed by atoms with van der Waals surface area (Å²) in [6.07, 6.45) is 4.51. The number of hydrogen-bond donors (Lipinski definition) is 2. The van der Waals surface area contributed by atoms with E-state index in [1.807, 2.05) is 6.07 Å². The van der Waals surface area contributed by atoms with Crippen molar-refractivity contribution in [3.63, 3.8) is 0 Å². The van der Waals surface area contributed by atoms with Gasteiger partial charge in [0.25, 0.3) is 0 Å². The minimum absolute atomic E-state index is 0.0582. The van der Waals surface area contributed by atoms with Crippen molar-refractivity contribution >= 4 is 27.7 Å². The van der Waals surface area contributed by atoms with Crippen molar-refractivity contribution in [1.29, 1.82) is 0 Å². The molecule has 2 aliphatic carbocycles. The molecule has 1 aliphatic heterocycles. The largest absolute Gasteiger partial charge is 0.309 e. The number of piperidine rings is 1. The van der Waals surface area contributed by atoms with E-state index in [1.54, 1.807) is 0 Å². The van der Waals surface area contributed by atoms with Gasteiger partial charge in [-0.3, -0.25) is 4.79 Å². The molecule has 0 aromatic carbocycles. The Bertz CT molecular complexity index is 645. The van der Waals surface area contributed by atoms with Crippen molar-refractivity contribution in [2.75, 3.05) is 26.0 Å². The number of hydrogen-bond acceptors (Lipinski definition) is 4. The number of aromatic nitrogens is 1. The molecule has 0 radical (unpaired) electrons. The lowest BCUT2D eigenvalue weighted by molar-refractivity contribution is -0.118. The fourth-order valence-electron chi connectivity index (χ4n) is 4.03. The van der Waals surface area contributed by atoms with Gasteiger partial charge in [-0.15, -0.1) is 0 Å². The third kappa shape index (κ3) is 3.04. The highest BCUT2D eigenvalue weighted by atomic mass is 79.9. The Kier molecular flexibility index (Phi) is 3.74. The molecule has 4 rings (SSSR count). The van der Waals surface area contributed by atoms with Crippen LogP contribution < -0.4 is 10.6 Å². The second-order valence-electron chi connectivity index (χ2n) is 7.62. The smallest absolute Gasteiger partial charge is 0.242 e. The molecule has 0 spiro atoms. The molecule has 1 saturated heterocycles. The van der Waals surface area contributed by atoms with Crippen LogP contribution in [-0.4, -0.2) is 48.5 Å². The van der Waals surface area contributed by atoms with E-state index in [0.29, 0.717) is 17.4 Å². The molecule has 2 N–H and O–H groups in total. The van der Waals surface area contributed by atoms with E-state index in [-0.39, 0.29) is 11.9 Å². The average molecular weight is 379 g/mol. The van der Waals surface area contributed by atoms with Crippen molar-refractivity contribution < 1.29 is 4.79 Å². The Hall–Kier alpha value is -0.980. The van der Waals surface area contributed by atoms with Gasteiger partial charge >= 0.3 is 0 Å². The number of nitrogens with zero attached hydrogens (tertiary/aromatic N) is 2. The quantitative estimate of drug-likeness (QED) is 0.772. The van der Waals surface area contributed by atoms with E-state index < -0.39 is 0 Å². The van der Waals surface area contributed by atoms with Gasteiger partial charge in [-0.05, 0) is 73.3 Å². The van der Waals surface area contributed by atoms with Gasteiger partial charge in [0, 0.05) is 18.0 Å². The van der Waals surface area contributed by atoms with Crippen molar-refractivity contribution in [2.24, 2.45) is 5.41 Å². The van der Waals surface area contributed by atoms with E-state index in [4.69, 9.17) is 0 Å².